The minimum atomic E-state index is 0.835. The monoisotopic (exact) mass is 218 g/mol. The SMILES string of the molecule is Br[C@@H]1CC[C@H]2C[NH2+]CC[C@H]2C1. The summed E-state index contributed by atoms with van der Waals surface area (Å²) in [6.45, 7) is 2.78. The van der Waals surface area contributed by atoms with Crippen LogP contribution in [-0.4, -0.2) is 17.9 Å². The average molecular weight is 219 g/mol. The lowest BCUT2D eigenvalue weighted by molar-refractivity contribution is -0.672. The van der Waals surface area contributed by atoms with Crippen molar-refractivity contribution >= 4 is 15.9 Å². The van der Waals surface area contributed by atoms with Crippen LogP contribution >= 0.6 is 15.9 Å². The Bertz CT molecular complexity index is 138. The maximum Gasteiger partial charge on any atom is 0.0786 e. The Balaban J connectivity index is 1.93. The lowest BCUT2D eigenvalue weighted by atomic mass is 9.76. The van der Waals surface area contributed by atoms with E-state index >= 15 is 0 Å². The van der Waals surface area contributed by atoms with E-state index < -0.39 is 0 Å². The van der Waals surface area contributed by atoms with E-state index in [1.807, 2.05) is 0 Å². The van der Waals surface area contributed by atoms with Crippen LogP contribution in [0, 0.1) is 11.8 Å². The molecule has 11 heavy (non-hydrogen) atoms. The van der Waals surface area contributed by atoms with Crippen LogP contribution < -0.4 is 5.32 Å². The lowest BCUT2D eigenvalue weighted by Gasteiger charge is -2.35. The van der Waals surface area contributed by atoms with Gasteiger partial charge in [-0.05, 0) is 31.6 Å². The fourth-order valence-corrected chi connectivity index (χ4v) is 3.34. The second-order valence-electron chi connectivity index (χ2n) is 4.03. The molecular formula is C9H17BrN+. The van der Waals surface area contributed by atoms with Gasteiger partial charge in [-0.2, -0.15) is 0 Å². The first-order valence-electron chi connectivity index (χ1n) is 4.82. The first-order chi connectivity index (χ1) is 5.36. The smallest absolute Gasteiger partial charge is 0.0786 e. The van der Waals surface area contributed by atoms with Gasteiger partial charge >= 0.3 is 0 Å². The number of halogens is 1. The van der Waals surface area contributed by atoms with Gasteiger partial charge < -0.3 is 5.32 Å². The van der Waals surface area contributed by atoms with Crippen LogP contribution in [0.5, 0.6) is 0 Å². The summed E-state index contributed by atoms with van der Waals surface area (Å²) in [5.41, 5.74) is 0. The Morgan fingerprint density at radius 1 is 1.09 bits per heavy atom. The number of quaternary nitrogens is 1. The van der Waals surface area contributed by atoms with Crippen LogP contribution in [0.3, 0.4) is 0 Å². The minimum absolute atomic E-state index is 0.835. The molecule has 1 nitrogen and oxygen atoms in total. The van der Waals surface area contributed by atoms with Crippen molar-refractivity contribution in [3.8, 4) is 0 Å². The van der Waals surface area contributed by atoms with Crippen LogP contribution in [0.2, 0.25) is 0 Å². The minimum Gasteiger partial charge on any atom is -0.346 e. The van der Waals surface area contributed by atoms with E-state index in [4.69, 9.17) is 0 Å². The molecule has 1 saturated carbocycles. The number of piperidine rings is 1. The maximum atomic E-state index is 3.74. The third-order valence-electron chi connectivity index (χ3n) is 3.29. The van der Waals surface area contributed by atoms with Crippen molar-refractivity contribution in [3.63, 3.8) is 0 Å². The summed E-state index contributed by atoms with van der Waals surface area (Å²) in [6, 6.07) is 0. The van der Waals surface area contributed by atoms with Crippen molar-refractivity contribution in [2.45, 2.75) is 30.5 Å². The summed E-state index contributed by atoms with van der Waals surface area (Å²) in [7, 11) is 0. The number of alkyl halides is 1. The first kappa shape index (κ1) is 8.06. The third-order valence-corrected chi connectivity index (χ3v) is 4.12. The Morgan fingerprint density at radius 3 is 2.91 bits per heavy atom. The molecule has 1 aliphatic carbocycles. The molecule has 2 heteroatoms. The summed E-state index contributed by atoms with van der Waals surface area (Å²) in [6.07, 6.45) is 5.79. The van der Waals surface area contributed by atoms with Gasteiger partial charge in [0.05, 0.1) is 13.1 Å². The highest BCUT2D eigenvalue weighted by Gasteiger charge is 2.32. The molecule has 0 spiro atoms. The normalized spacial score (nSPS) is 45.0. The number of nitrogens with two attached hydrogens (primary N) is 1. The van der Waals surface area contributed by atoms with Gasteiger partial charge in [-0.15, -0.1) is 0 Å². The van der Waals surface area contributed by atoms with Gasteiger partial charge in [0.1, 0.15) is 0 Å². The molecule has 0 radical (unpaired) electrons. The average Bonchev–Trinajstić information content (AvgIpc) is 2.04. The van der Waals surface area contributed by atoms with E-state index in [1.165, 1.54) is 38.8 Å². The fraction of sp³-hybridized carbons (Fsp3) is 1.00. The van der Waals surface area contributed by atoms with Gasteiger partial charge in [-0.3, -0.25) is 0 Å². The van der Waals surface area contributed by atoms with Crippen molar-refractivity contribution in [1.29, 1.82) is 0 Å². The Kier molecular flexibility index (Phi) is 2.52. The van der Waals surface area contributed by atoms with Crippen molar-refractivity contribution in [3.05, 3.63) is 0 Å². The summed E-state index contributed by atoms with van der Waals surface area (Å²) < 4.78 is 0. The molecule has 2 N–H and O–H groups in total. The summed E-state index contributed by atoms with van der Waals surface area (Å²) >= 11 is 3.74. The lowest BCUT2D eigenvalue weighted by Crippen LogP contribution is -2.88. The van der Waals surface area contributed by atoms with Gasteiger partial charge in [0, 0.05) is 10.7 Å². The number of hydrogen-bond acceptors (Lipinski definition) is 0. The summed E-state index contributed by atoms with van der Waals surface area (Å²) in [5.74, 6) is 2.11. The second-order valence-corrected chi connectivity index (χ2v) is 5.33. The zero-order valence-corrected chi connectivity index (χ0v) is 8.52. The highest BCUT2D eigenvalue weighted by molar-refractivity contribution is 9.09. The topological polar surface area (TPSA) is 16.6 Å². The number of fused-ring (bicyclic) bond motifs is 1. The molecule has 0 aromatic heterocycles. The Hall–Kier alpha value is 0.440. The van der Waals surface area contributed by atoms with Crippen molar-refractivity contribution in [2.75, 3.05) is 13.1 Å². The fourth-order valence-electron chi connectivity index (χ4n) is 2.60. The molecule has 2 rings (SSSR count). The molecule has 0 unspecified atom stereocenters. The maximum absolute atomic E-state index is 3.74. The van der Waals surface area contributed by atoms with E-state index in [2.05, 4.69) is 21.2 Å². The molecule has 1 saturated heterocycles. The van der Waals surface area contributed by atoms with Gasteiger partial charge in [-0.1, -0.05) is 15.9 Å². The van der Waals surface area contributed by atoms with Crippen LogP contribution in [0.15, 0.2) is 0 Å². The molecule has 0 aromatic carbocycles. The molecule has 2 aliphatic rings. The highest BCUT2D eigenvalue weighted by atomic mass is 79.9. The molecule has 64 valence electrons. The van der Waals surface area contributed by atoms with E-state index in [0.29, 0.717) is 0 Å². The molecular weight excluding hydrogens is 202 g/mol. The highest BCUT2D eigenvalue weighted by Crippen LogP contribution is 2.35. The van der Waals surface area contributed by atoms with Crippen molar-refractivity contribution < 1.29 is 5.32 Å². The van der Waals surface area contributed by atoms with Crippen LogP contribution in [-0.2, 0) is 0 Å². The van der Waals surface area contributed by atoms with E-state index in [9.17, 15) is 0 Å². The van der Waals surface area contributed by atoms with E-state index in [-0.39, 0.29) is 0 Å². The number of rotatable bonds is 0. The molecule has 1 heterocycles. The molecule has 3 atom stereocenters. The Labute approximate surface area is 77.1 Å². The molecule has 0 aromatic rings. The van der Waals surface area contributed by atoms with Crippen LogP contribution in [0.4, 0.5) is 0 Å². The van der Waals surface area contributed by atoms with Gasteiger partial charge in [0.25, 0.3) is 0 Å². The van der Waals surface area contributed by atoms with Gasteiger partial charge in [0.2, 0.25) is 0 Å². The standard InChI is InChI=1S/C9H16BrN/c10-9-2-1-8-6-11-4-3-7(8)5-9/h7-9,11H,1-6H2/p+1/t7-,8-,9+/m0/s1. The van der Waals surface area contributed by atoms with E-state index in [0.717, 1.165) is 16.7 Å². The summed E-state index contributed by atoms with van der Waals surface area (Å²) in [5, 5.41) is 2.50. The largest absolute Gasteiger partial charge is 0.346 e. The zero-order valence-electron chi connectivity index (χ0n) is 6.93. The van der Waals surface area contributed by atoms with Crippen molar-refractivity contribution in [1.82, 2.24) is 0 Å². The predicted molar refractivity (Wildman–Crippen MR) is 49.8 cm³/mol. The second kappa shape index (κ2) is 3.44. The molecule has 0 amide bonds. The van der Waals surface area contributed by atoms with Crippen LogP contribution in [0.25, 0.3) is 0 Å². The quantitative estimate of drug-likeness (QED) is 0.588. The molecule has 2 fully saturated rings. The Morgan fingerprint density at radius 2 is 2.00 bits per heavy atom. The predicted octanol–water partition coefficient (Wildman–Crippen LogP) is 1.13. The molecule has 1 aliphatic heterocycles. The van der Waals surface area contributed by atoms with Gasteiger partial charge in [0.15, 0.2) is 0 Å². The van der Waals surface area contributed by atoms with Crippen LogP contribution in [0.1, 0.15) is 25.7 Å². The first-order valence-corrected chi connectivity index (χ1v) is 5.73. The van der Waals surface area contributed by atoms with E-state index in [1.54, 1.807) is 0 Å². The van der Waals surface area contributed by atoms with Crippen molar-refractivity contribution in [2.24, 2.45) is 11.8 Å². The third kappa shape index (κ3) is 1.78. The number of hydrogen-bond donors (Lipinski definition) is 1. The summed E-state index contributed by atoms with van der Waals surface area (Å²) in [4.78, 5) is 0.835. The molecule has 0 bridgehead atoms. The van der Waals surface area contributed by atoms with Gasteiger partial charge in [-0.25, -0.2) is 0 Å². The zero-order chi connectivity index (χ0) is 7.68.